The van der Waals surface area contributed by atoms with Crippen LogP contribution in [0.3, 0.4) is 0 Å². The normalized spacial score (nSPS) is 22.0. The molecule has 8 heteroatoms. The summed E-state index contributed by atoms with van der Waals surface area (Å²) in [6.45, 7) is 3.15. The molecular weight excluding hydrogens is 320 g/mol. The molecule has 1 aromatic carbocycles. The van der Waals surface area contributed by atoms with Gasteiger partial charge >= 0.3 is 6.61 Å². The molecule has 0 N–H and O–H groups in total. The second kappa shape index (κ2) is 7.23. The monoisotopic (exact) mass is 339 g/mol. The van der Waals surface area contributed by atoms with Gasteiger partial charge in [0.1, 0.15) is 5.75 Å². The standard InChI is InChI=1S/C16H19F2N3O3/c1-10-7-21(8-11(2)22-10)9-14-19-15(20-24-14)12-5-3-4-6-13(12)23-16(17)18/h3-6,10-11,16H,7-9H2,1-2H3. The van der Waals surface area contributed by atoms with Crippen LogP contribution in [0.5, 0.6) is 5.75 Å². The highest BCUT2D eigenvalue weighted by Gasteiger charge is 2.24. The Labute approximate surface area is 138 Å². The maximum absolute atomic E-state index is 12.5. The van der Waals surface area contributed by atoms with Crippen molar-refractivity contribution in [3.05, 3.63) is 30.2 Å². The molecule has 1 aromatic heterocycles. The molecule has 1 aliphatic rings. The van der Waals surface area contributed by atoms with Gasteiger partial charge in [-0.25, -0.2) is 0 Å². The number of halogens is 2. The third kappa shape index (κ3) is 4.07. The van der Waals surface area contributed by atoms with Crippen LogP contribution in [-0.2, 0) is 11.3 Å². The molecule has 1 saturated heterocycles. The number of aromatic nitrogens is 2. The Kier molecular flexibility index (Phi) is 5.06. The molecular formula is C16H19F2N3O3. The van der Waals surface area contributed by atoms with E-state index in [2.05, 4.69) is 19.8 Å². The third-order valence-electron chi connectivity index (χ3n) is 3.67. The number of hydrogen-bond acceptors (Lipinski definition) is 6. The van der Waals surface area contributed by atoms with E-state index >= 15 is 0 Å². The highest BCUT2D eigenvalue weighted by atomic mass is 19.3. The van der Waals surface area contributed by atoms with Crippen molar-refractivity contribution >= 4 is 0 Å². The van der Waals surface area contributed by atoms with Crippen molar-refractivity contribution in [1.29, 1.82) is 0 Å². The largest absolute Gasteiger partial charge is 0.434 e. The van der Waals surface area contributed by atoms with Crippen molar-refractivity contribution in [2.75, 3.05) is 13.1 Å². The second-order valence-corrected chi connectivity index (χ2v) is 5.84. The van der Waals surface area contributed by atoms with Crippen molar-refractivity contribution in [3.63, 3.8) is 0 Å². The minimum atomic E-state index is -2.91. The van der Waals surface area contributed by atoms with Crippen LogP contribution in [0.4, 0.5) is 8.78 Å². The summed E-state index contributed by atoms with van der Waals surface area (Å²) < 4.78 is 40.5. The van der Waals surface area contributed by atoms with Gasteiger partial charge in [0.05, 0.1) is 24.3 Å². The molecule has 0 radical (unpaired) electrons. The van der Waals surface area contributed by atoms with E-state index in [1.807, 2.05) is 13.8 Å². The first-order valence-corrected chi connectivity index (χ1v) is 7.76. The first-order chi connectivity index (χ1) is 11.5. The lowest BCUT2D eigenvalue weighted by Crippen LogP contribution is -2.44. The molecule has 0 bridgehead atoms. The lowest BCUT2D eigenvalue weighted by atomic mass is 10.2. The molecule has 0 aliphatic carbocycles. The zero-order valence-corrected chi connectivity index (χ0v) is 13.5. The van der Waals surface area contributed by atoms with Gasteiger partial charge < -0.3 is 14.0 Å². The Hall–Kier alpha value is -2.06. The van der Waals surface area contributed by atoms with E-state index in [9.17, 15) is 8.78 Å². The number of benzene rings is 1. The third-order valence-corrected chi connectivity index (χ3v) is 3.67. The first kappa shape index (κ1) is 16.8. The van der Waals surface area contributed by atoms with Crippen molar-refractivity contribution in [3.8, 4) is 17.1 Å². The number of morpholine rings is 1. The van der Waals surface area contributed by atoms with E-state index in [-0.39, 0.29) is 23.8 Å². The van der Waals surface area contributed by atoms with Crippen molar-refractivity contribution in [1.82, 2.24) is 15.0 Å². The smallest absolute Gasteiger partial charge is 0.387 e. The Morgan fingerprint density at radius 1 is 1.25 bits per heavy atom. The maximum atomic E-state index is 12.5. The van der Waals surface area contributed by atoms with E-state index in [1.54, 1.807) is 18.2 Å². The molecule has 6 nitrogen and oxygen atoms in total. The van der Waals surface area contributed by atoms with Crippen LogP contribution in [0.2, 0.25) is 0 Å². The van der Waals surface area contributed by atoms with Gasteiger partial charge in [-0.3, -0.25) is 4.90 Å². The highest BCUT2D eigenvalue weighted by Crippen LogP contribution is 2.29. The lowest BCUT2D eigenvalue weighted by Gasteiger charge is -2.34. The molecule has 1 aliphatic heterocycles. The predicted octanol–water partition coefficient (Wildman–Crippen LogP) is 2.95. The fourth-order valence-corrected chi connectivity index (χ4v) is 2.88. The highest BCUT2D eigenvalue weighted by molar-refractivity contribution is 5.63. The van der Waals surface area contributed by atoms with E-state index in [0.717, 1.165) is 13.1 Å². The molecule has 0 spiro atoms. The Bertz CT molecular complexity index is 670. The van der Waals surface area contributed by atoms with E-state index < -0.39 is 6.61 Å². The van der Waals surface area contributed by atoms with Crippen LogP contribution in [0.1, 0.15) is 19.7 Å². The number of hydrogen-bond donors (Lipinski definition) is 0. The van der Waals surface area contributed by atoms with Gasteiger partial charge in [0.25, 0.3) is 0 Å². The van der Waals surface area contributed by atoms with Gasteiger partial charge in [-0.15, -0.1) is 0 Å². The minimum Gasteiger partial charge on any atom is -0.434 e. The molecule has 0 saturated carbocycles. The quantitative estimate of drug-likeness (QED) is 0.835. The number of nitrogens with zero attached hydrogens (tertiary/aromatic N) is 3. The molecule has 1 fully saturated rings. The lowest BCUT2D eigenvalue weighted by molar-refractivity contribution is -0.0725. The average molecular weight is 339 g/mol. The summed E-state index contributed by atoms with van der Waals surface area (Å²) in [6, 6.07) is 6.38. The number of para-hydroxylation sites is 1. The molecule has 2 atom stereocenters. The Morgan fingerprint density at radius 2 is 1.96 bits per heavy atom. The second-order valence-electron chi connectivity index (χ2n) is 5.84. The summed E-state index contributed by atoms with van der Waals surface area (Å²) in [4.78, 5) is 6.47. The zero-order valence-electron chi connectivity index (χ0n) is 13.5. The predicted molar refractivity (Wildman–Crippen MR) is 81.7 cm³/mol. The number of ether oxygens (including phenoxy) is 2. The topological polar surface area (TPSA) is 60.6 Å². The van der Waals surface area contributed by atoms with E-state index in [4.69, 9.17) is 9.26 Å². The van der Waals surface area contributed by atoms with Gasteiger partial charge in [-0.1, -0.05) is 17.3 Å². The van der Waals surface area contributed by atoms with Gasteiger partial charge in [-0.05, 0) is 26.0 Å². The summed E-state index contributed by atoms with van der Waals surface area (Å²) >= 11 is 0. The molecule has 3 rings (SSSR count). The van der Waals surface area contributed by atoms with Crippen LogP contribution in [0.25, 0.3) is 11.4 Å². The molecule has 130 valence electrons. The van der Waals surface area contributed by atoms with Crippen LogP contribution in [-0.4, -0.2) is 46.9 Å². The Morgan fingerprint density at radius 3 is 2.67 bits per heavy atom. The minimum absolute atomic E-state index is 0.0217. The van der Waals surface area contributed by atoms with Crippen molar-refractivity contribution in [2.24, 2.45) is 0 Å². The van der Waals surface area contributed by atoms with E-state index in [0.29, 0.717) is 18.0 Å². The fraction of sp³-hybridized carbons (Fsp3) is 0.500. The summed E-state index contributed by atoms with van der Waals surface area (Å²) in [5, 5.41) is 3.89. The molecule has 2 unspecified atom stereocenters. The molecule has 2 heterocycles. The molecule has 24 heavy (non-hydrogen) atoms. The fourth-order valence-electron chi connectivity index (χ4n) is 2.88. The van der Waals surface area contributed by atoms with Gasteiger partial charge in [0.2, 0.25) is 11.7 Å². The number of rotatable bonds is 5. The van der Waals surface area contributed by atoms with Gasteiger partial charge in [0, 0.05) is 13.1 Å². The van der Waals surface area contributed by atoms with Crippen LogP contribution >= 0.6 is 0 Å². The summed E-state index contributed by atoms with van der Waals surface area (Å²) in [5.74, 6) is 0.683. The first-order valence-electron chi connectivity index (χ1n) is 7.76. The zero-order chi connectivity index (χ0) is 17.1. The van der Waals surface area contributed by atoms with Crippen LogP contribution in [0.15, 0.2) is 28.8 Å². The SMILES string of the molecule is CC1CN(Cc2nc(-c3ccccc3OC(F)F)no2)CC(C)O1. The van der Waals surface area contributed by atoms with Gasteiger partial charge in [0.15, 0.2) is 0 Å². The summed E-state index contributed by atoms with van der Waals surface area (Å²) in [7, 11) is 0. The van der Waals surface area contributed by atoms with Crippen molar-refractivity contribution in [2.45, 2.75) is 39.2 Å². The van der Waals surface area contributed by atoms with Crippen molar-refractivity contribution < 1.29 is 22.8 Å². The van der Waals surface area contributed by atoms with E-state index in [1.165, 1.54) is 6.07 Å². The molecule has 2 aromatic rings. The van der Waals surface area contributed by atoms with Crippen LogP contribution in [0, 0.1) is 0 Å². The molecule has 0 amide bonds. The van der Waals surface area contributed by atoms with Gasteiger partial charge in [-0.2, -0.15) is 13.8 Å². The summed E-state index contributed by atoms with van der Waals surface area (Å²) in [6.07, 6.45) is 0.271. The number of alkyl halides is 2. The maximum Gasteiger partial charge on any atom is 0.387 e. The van der Waals surface area contributed by atoms with Crippen LogP contribution < -0.4 is 4.74 Å². The Balaban J connectivity index is 1.74. The average Bonchev–Trinajstić information content (AvgIpc) is 2.94. The summed E-state index contributed by atoms with van der Waals surface area (Å²) in [5.41, 5.74) is 0.372.